The van der Waals surface area contributed by atoms with Crippen LogP contribution in [0.15, 0.2) is 0 Å². The van der Waals surface area contributed by atoms with Crippen LogP contribution >= 0.6 is 11.8 Å². The molecular formula is C16H28FN3O8S. The summed E-state index contributed by atoms with van der Waals surface area (Å²) in [5, 5.41) is 45.5. The molecule has 0 aromatic rings. The van der Waals surface area contributed by atoms with E-state index in [4.69, 9.17) is 9.84 Å². The molecule has 13 heteroatoms. The molecule has 7 atom stereocenters. The first-order chi connectivity index (χ1) is 13.6. The minimum absolute atomic E-state index is 0.0966. The van der Waals surface area contributed by atoms with Crippen molar-refractivity contribution in [2.75, 3.05) is 26.0 Å². The van der Waals surface area contributed by atoms with Crippen molar-refractivity contribution in [1.29, 1.82) is 0 Å². The molecule has 0 aromatic carbocycles. The fourth-order valence-electron chi connectivity index (χ4n) is 2.47. The van der Waals surface area contributed by atoms with Gasteiger partial charge in [-0.25, -0.2) is 4.39 Å². The van der Waals surface area contributed by atoms with Gasteiger partial charge in [0.15, 0.2) is 6.17 Å². The molecule has 1 rings (SSSR count). The average Bonchev–Trinajstić information content (AvgIpc) is 2.69. The van der Waals surface area contributed by atoms with E-state index in [0.717, 1.165) is 18.7 Å². The van der Waals surface area contributed by atoms with Crippen LogP contribution in [0.1, 0.15) is 13.3 Å². The van der Waals surface area contributed by atoms with Crippen LogP contribution in [0.4, 0.5) is 4.39 Å². The first kappa shape index (κ1) is 25.5. The van der Waals surface area contributed by atoms with Crippen LogP contribution in [0, 0.1) is 0 Å². The lowest BCUT2D eigenvalue weighted by Gasteiger charge is -2.39. The Morgan fingerprint density at radius 3 is 2.34 bits per heavy atom. The summed E-state index contributed by atoms with van der Waals surface area (Å²) in [6.07, 6.45) is -7.29. The Hall–Kier alpha value is -1.51. The summed E-state index contributed by atoms with van der Waals surface area (Å²) in [6, 6.07) is -1.10. The van der Waals surface area contributed by atoms with Gasteiger partial charge in [-0.15, -0.1) is 11.8 Å². The molecule has 11 nitrogen and oxygen atoms in total. The molecule has 0 saturated carbocycles. The second-order valence-corrected chi connectivity index (χ2v) is 7.62. The zero-order valence-electron chi connectivity index (χ0n) is 16.1. The van der Waals surface area contributed by atoms with Gasteiger partial charge in [0.2, 0.25) is 11.8 Å². The maximum Gasteiger partial charge on any atom is 0.254 e. The Kier molecular flexibility index (Phi) is 10.8. The number of aliphatic hydroxyl groups is 4. The summed E-state index contributed by atoms with van der Waals surface area (Å²) in [5.41, 5.74) is -0.974. The molecule has 7 N–H and O–H groups in total. The predicted octanol–water partition coefficient (Wildman–Crippen LogP) is -3.39. The molecule has 4 unspecified atom stereocenters. The Morgan fingerprint density at radius 1 is 1.14 bits per heavy atom. The van der Waals surface area contributed by atoms with Crippen LogP contribution in [0.5, 0.6) is 0 Å². The summed E-state index contributed by atoms with van der Waals surface area (Å²) in [6.45, 7) is 0.191. The second kappa shape index (κ2) is 12.2. The van der Waals surface area contributed by atoms with Crippen LogP contribution in [0.3, 0.4) is 0 Å². The van der Waals surface area contributed by atoms with Crippen LogP contribution < -0.4 is 16.0 Å². The molecule has 0 aliphatic carbocycles. The minimum atomic E-state index is -1.76. The number of alkyl halides is 1. The van der Waals surface area contributed by atoms with E-state index < -0.39 is 66.4 Å². The quantitative estimate of drug-likeness (QED) is 0.183. The molecule has 3 amide bonds. The van der Waals surface area contributed by atoms with E-state index in [1.165, 1.54) is 7.05 Å². The number of thioether (sulfide) groups is 1. The largest absolute Gasteiger partial charge is 0.394 e. The van der Waals surface area contributed by atoms with E-state index in [1.807, 2.05) is 0 Å². The van der Waals surface area contributed by atoms with Crippen molar-refractivity contribution in [3.63, 3.8) is 0 Å². The lowest BCUT2D eigenvalue weighted by molar-refractivity contribution is -0.205. The molecular weight excluding hydrogens is 412 g/mol. The third kappa shape index (κ3) is 7.68. The molecule has 1 saturated heterocycles. The van der Waals surface area contributed by atoms with E-state index in [0.29, 0.717) is 0 Å². The highest BCUT2D eigenvalue weighted by Gasteiger charge is 2.43. The summed E-state index contributed by atoms with van der Waals surface area (Å²) < 4.78 is 18.2. The zero-order valence-corrected chi connectivity index (χ0v) is 16.9. The van der Waals surface area contributed by atoms with Crippen molar-refractivity contribution in [3.8, 4) is 0 Å². The highest BCUT2D eigenvalue weighted by Crippen LogP contribution is 2.28. The molecule has 1 aliphatic rings. The SMILES string of the molecule is CNC(=O)C(CNC(=O)C(C)[18F])NC(=O)CCS[C@@H]1OC(CO)[C@@H](O)[C@H](O)C1O. The van der Waals surface area contributed by atoms with Gasteiger partial charge in [0.1, 0.15) is 35.9 Å². The van der Waals surface area contributed by atoms with Crippen molar-refractivity contribution >= 4 is 29.5 Å². The Bertz CT molecular complexity index is 568. The summed E-state index contributed by atoms with van der Waals surface area (Å²) in [5.74, 6) is -1.90. The van der Waals surface area contributed by atoms with Crippen molar-refractivity contribution in [1.82, 2.24) is 16.0 Å². The molecule has 29 heavy (non-hydrogen) atoms. The van der Waals surface area contributed by atoms with E-state index in [-0.39, 0.29) is 18.7 Å². The molecule has 0 bridgehead atoms. The molecule has 168 valence electrons. The third-order valence-corrected chi connectivity index (χ3v) is 5.36. The van der Waals surface area contributed by atoms with Crippen molar-refractivity contribution in [2.45, 2.75) is 55.4 Å². The molecule has 0 aromatic heterocycles. The van der Waals surface area contributed by atoms with Crippen LogP contribution in [-0.2, 0) is 19.1 Å². The average molecular weight is 440 g/mol. The lowest BCUT2D eigenvalue weighted by atomic mass is 10.0. The van der Waals surface area contributed by atoms with Gasteiger partial charge in [0.05, 0.1) is 6.61 Å². The number of carbonyl (C=O) groups is 3. The number of hydrogen-bond acceptors (Lipinski definition) is 9. The maximum absolute atomic E-state index is 12.9. The van der Waals surface area contributed by atoms with Crippen molar-refractivity contribution in [3.05, 3.63) is 0 Å². The molecule has 1 heterocycles. The van der Waals surface area contributed by atoms with Crippen LogP contribution in [0.25, 0.3) is 0 Å². The number of likely N-dealkylation sites (N-methyl/N-ethyl adjacent to an activating group) is 1. The summed E-state index contributed by atoms with van der Waals surface area (Å²) >= 11 is 0.987. The molecule has 0 spiro atoms. The van der Waals surface area contributed by atoms with Gasteiger partial charge < -0.3 is 41.1 Å². The van der Waals surface area contributed by atoms with E-state index >= 15 is 0 Å². The number of nitrogens with one attached hydrogen (secondary N) is 3. The monoisotopic (exact) mass is 440 g/mol. The topological polar surface area (TPSA) is 177 Å². The Labute approximate surface area is 171 Å². The Morgan fingerprint density at radius 2 is 1.79 bits per heavy atom. The number of hydrogen-bond donors (Lipinski definition) is 7. The van der Waals surface area contributed by atoms with Crippen LogP contribution in [0.2, 0.25) is 0 Å². The molecule has 1 fully saturated rings. The molecule has 1 aliphatic heterocycles. The maximum atomic E-state index is 12.9. The fourth-order valence-corrected chi connectivity index (χ4v) is 3.58. The van der Waals surface area contributed by atoms with Gasteiger partial charge in [-0.05, 0) is 6.92 Å². The fraction of sp³-hybridized carbons (Fsp3) is 0.812. The van der Waals surface area contributed by atoms with Crippen molar-refractivity contribution in [2.24, 2.45) is 0 Å². The van der Waals surface area contributed by atoms with Gasteiger partial charge in [-0.2, -0.15) is 0 Å². The van der Waals surface area contributed by atoms with E-state index in [2.05, 4.69) is 16.0 Å². The number of amides is 3. The molecule has 0 radical (unpaired) electrons. The number of aliphatic hydroxyl groups excluding tert-OH is 4. The van der Waals surface area contributed by atoms with Crippen LogP contribution in [-0.4, -0.2) is 106 Å². The lowest BCUT2D eigenvalue weighted by Crippen LogP contribution is -2.57. The van der Waals surface area contributed by atoms with Gasteiger partial charge in [0, 0.05) is 25.8 Å². The highest BCUT2D eigenvalue weighted by molar-refractivity contribution is 7.99. The highest BCUT2D eigenvalue weighted by atomic mass is 32.2. The summed E-state index contributed by atoms with van der Waals surface area (Å²) in [4.78, 5) is 35.2. The van der Waals surface area contributed by atoms with E-state index in [1.54, 1.807) is 0 Å². The predicted molar refractivity (Wildman–Crippen MR) is 100 cm³/mol. The van der Waals surface area contributed by atoms with Gasteiger partial charge in [-0.3, -0.25) is 14.4 Å². The van der Waals surface area contributed by atoms with Gasteiger partial charge >= 0.3 is 0 Å². The van der Waals surface area contributed by atoms with Crippen molar-refractivity contribution < 1.29 is 43.9 Å². The zero-order chi connectivity index (χ0) is 22.1. The number of carbonyl (C=O) groups excluding carboxylic acids is 3. The summed E-state index contributed by atoms with van der Waals surface area (Å²) in [7, 11) is 1.34. The number of ether oxygens (including phenoxy) is 1. The Balaban J connectivity index is 2.50. The number of halogens is 1. The van der Waals surface area contributed by atoms with Gasteiger partial charge in [-0.1, -0.05) is 0 Å². The smallest absolute Gasteiger partial charge is 0.254 e. The minimum Gasteiger partial charge on any atom is -0.394 e. The standard InChI is InChI=1S/C16H28FN3O8S/c1-7(17)14(26)19-5-8(15(27)18-2)20-10(22)3-4-29-16-13(25)12(24)11(23)9(6-21)28-16/h7-9,11-13,16,21,23-25H,3-6H2,1-2H3,(H,18,27)(H,19,26)(H,20,22)/t7?,8?,9?,11-,12+,13?,16+/m1/s1/i17-1. The first-order valence-corrected chi connectivity index (χ1v) is 10.0. The first-order valence-electron chi connectivity index (χ1n) is 8.97. The van der Waals surface area contributed by atoms with E-state index in [9.17, 15) is 34.1 Å². The second-order valence-electron chi connectivity index (χ2n) is 6.41. The number of rotatable bonds is 10. The van der Waals surface area contributed by atoms with Gasteiger partial charge in [0.25, 0.3) is 5.91 Å². The third-order valence-electron chi connectivity index (χ3n) is 4.20. The normalized spacial score (nSPS) is 28.9.